The molecule has 4 atom stereocenters. The number of ether oxygens (including phenoxy) is 6. The minimum absolute atomic E-state index is 0.0000926. The van der Waals surface area contributed by atoms with E-state index in [4.69, 9.17) is 62.8 Å². The Labute approximate surface area is 318 Å². The van der Waals surface area contributed by atoms with E-state index in [-0.39, 0.29) is 34.2 Å². The van der Waals surface area contributed by atoms with Gasteiger partial charge in [0, 0.05) is 11.4 Å². The van der Waals surface area contributed by atoms with E-state index in [1.165, 1.54) is 74.2 Å². The third-order valence-electron chi connectivity index (χ3n) is 8.33. The maximum atomic E-state index is 11.4. The summed E-state index contributed by atoms with van der Waals surface area (Å²) < 4.78 is 87.2. The number of nitrogens with two attached hydrogens (primary N) is 6. The lowest BCUT2D eigenvalue weighted by atomic mass is 9.94. The van der Waals surface area contributed by atoms with Crippen LogP contribution in [0.25, 0.3) is 0 Å². The highest BCUT2D eigenvalue weighted by molar-refractivity contribution is 7.90. The standard InChI is InChI=1S/C20H36O6.2C7H10N4O2S/c1-2-6-18-17(5-1)23-13-9-21-11-15-25-19-7-3-4-8-20(19)26-16-12-22-10-14-24-18;2*8-5-1-3-6(4-2-5)14(12,13)11-7(9)10/h17-20H,1-16H2;2*1-4H,8H2,(H4,9,10,11). The molecule has 3 fully saturated rings. The molecule has 1 saturated heterocycles. The van der Waals surface area contributed by atoms with Gasteiger partial charge in [-0.2, -0.15) is 16.8 Å². The largest absolute Gasteiger partial charge is 0.399 e. The molecule has 0 bridgehead atoms. The second-order valence-electron chi connectivity index (χ2n) is 12.6. The summed E-state index contributed by atoms with van der Waals surface area (Å²) in [5.41, 5.74) is 31.6. The molecule has 4 unspecified atom stereocenters. The number of hydrogen-bond donors (Lipinski definition) is 6. The van der Waals surface area contributed by atoms with Crippen LogP contribution in [0, 0.1) is 0 Å². The van der Waals surface area contributed by atoms with E-state index in [9.17, 15) is 16.8 Å². The average molecular weight is 801 g/mol. The van der Waals surface area contributed by atoms with Gasteiger partial charge in [0.2, 0.25) is 11.9 Å². The molecule has 12 N–H and O–H groups in total. The molecule has 3 aliphatic rings. The molecule has 1 aliphatic heterocycles. The minimum atomic E-state index is -3.79. The number of fused-ring (bicyclic) bond motifs is 2. The highest BCUT2D eigenvalue weighted by Crippen LogP contribution is 2.25. The van der Waals surface area contributed by atoms with E-state index in [1.807, 2.05) is 0 Å². The highest BCUT2D eigenvalue weighted by atomic mass is 32.2. The van der Waals surface area contributed by atoms with Crippen LogP contribution in [0.5, 0.6) is 0 Å². The molecule has 2 aliphatic carbocycles. The van der Waals surface area contributed by atoms with Crippen molar-refractivity contribution in [3.8, 4) is 0 Å². The molecular formula is C34H56N8O10S2. The van der Waals surface area contributed by atoms with Gasteiger partial charge in [0.25, 0.3) is 20.0 Å². The minimum Gasteiger partial charge on any atom is -0.399 e. The Bertz CT molecular complexity index is 1500. The second kappa shape index (κ2) is 23.2. The normalized spacial score (nSPS) is 23.4. The molecule has 0 radical (unpaired) electrons. The molecule has 0 aromatic heterocycles. The van der Waals surface area contributed by atoms with Crippen LogP contribution in [-0.4, -0.2) is 106 Å². The monoisotopic (exact) mass is 800 g/mol. The summed E-state index contributed by atoms with van der Waals surface area (Å²) in [6.45, 7) is 4.93. The lowest BCUT2D eigenvalue weighted by Gasteiger charge is -2.32. The Balaban J connectivity index is 0.000000238. The number of guanidine groups is 2. The smallest absolute Gasteiger partial charge is 0.285 e. The van der Waals surface area contributed by atoms with E-state index < -0.39 is 32.0 Å². The van der Waals surface area contributed by atoms with Crippen LogP contribution in [0.15, 0.2) is 67.1 Å². The molecule has 0 spiro atoms. The first-order chi connectivity index (χ1) is 25.8. The number of hydrogen-bond acceptors (Lipinski definition) is 12. The summed E-state index contributed by atoms with van der Waals surface area (Å²) in [5, 5.41) is 0. The van der Waals surface area contributed by atoms with Crippen LogP contribution in [-0.2, 0) is 48.5 Å². The summed E-state index contributed by atoms with van der Waals surface area (Å²) in [4.78, 5) is 0.000185. The van der Waals surface area contributed by atoms with Gasteiger partial charge in [0.1, 0.15) is 0 Å². The van der Waals surface area contributed by atoms with Crippen molar-refractivity contribution in [3.63, 3.8) is 0 Å². The number of nitrogens with zero attached hydrogens (tertiary/aromatic N) is 2. The molecule has 1 heterocycles. The Morgan fingerprint density at radius 1 is 0.463 bits per heavy atom. The van der Waals surface area contributed by atoms with E-state index in [0.29, 0.717) is 64.2 Å². The SMILES string of the molecule is C1CCC2OCCOCCOC3CCCCC3OCCOCCOC2C1.NC(N)=NS(=O)(=O)c1ccc(N)cc1.NC(N)=NS(=O)(=O)c1ccc(N)cc1. The number of anilines is 2. The third-order valence-corrected chi connectivity index (χ3v) is 11.0. The molecule has 0 amide bonds. The van der Waals surface area contributed by atoms with Gasteiger partial charge < -0.3 is 62.8 Å². The summed E-state index contributed by atoms with van der Waals surface area (Å²) >= 11 is 0. The van der Waals surface area contributed by atoms with Crippen molar-refractivity contribution in [2.75, 3.05) is 64.3 Å². The maximum absolute atomic E-state index is 11.4. The Hall–Kier alpha value is -3.76. The van der Waals surface area contributed by atoms with Gasteiger partial charge in [0.05, 0.1) is 87.1 Å². The predicted molar refractivity (Wildman–Crippen MR) is 205 cm³/mol. The summed E-state index contributed by atoms with van der Waals surface area (Å²) in [5.74, 6) is -0.997. The van der Waals surface area contributed by atoms with Crippen LogP contribution in [0.3, 0.4) is 0 Å². The van der Waals surface area contributed by atoms with Gasteiger partial charge in [-0.1, -0.05) is 25.7 Å². The van der Waals surface area contributed by atoms with Gasteiger partial charge in [-0.25, -0.2) is 0 Å². The predicted octanol–water partition coefficient (Wildman–Crippen LogP) is 1.18. The molecular weight excluding hydrogens is 745 g/mol. The Kier molecular flexibility index (Phi) is 19.2. The third kappa shape index (κ3) is 16.7. The van der Waals surface area contributed by atoms with Crippen molar-refractivity contribution in [1.82, 2.24) is 0 Å². The second-order valence-corrected chi connectivity index (χ2v) is 15.8. The zero-order chi connectivity index (χ0) is 39.4. The first kappa shape index (κ1) is 44.6. The fraction of sp³-hybridized carbons (Fsp3) is 0.588. The number of sulfonamides is 2. The van der Waals surface area contributed by atoms with Gasteiger partial charge in [-0.15, -0.1) is 8.80 Å². The van der Waals surface area contributed by atoms with Gasteiger partial charge >= 0.3 is 0 Å². The topological polar surface area (TPSA) is 304 Å². The Morgan fingerprint density at radius 3 is 0.963 bits per heavy atom. The van der Waals surface area contributed by atoms with Crippen LogP contribution in [0.1, 0.15) is 51.4 Å². The lowest BCUT2D eigenvalue weighted by molar-refractivity contribution is -0.129. The average Bonchev–Trinajstić information content (AvgIpc) is 3.11. The maximum Gasteiger partial charge on any atom is 0.285 e. The van der Waals surface area contributed by atoms with E-state index >= 15 is 0 Å². The molecule has 304 valence electrons. The zero-order valence-electron chi connectivity index (χ0n) is 30.5. The van der Waals surface area contributed by atoms with Crippen molar-refractivity contribution in [2.45, 2.75) is 85.6 Å². The van der Waals surface area contributed by atoms with Crippen molar-refractivity contribution < 1.29 is 45.3 Å². The van der Waals surface area contributed by atoms with E-state index in [0.717, 1.165) is 25.7 Å². The quantitative estimate of drug-likeness (QED) is 0.144. The van der Waals surface area contributed by atoms with Crippen molar-refractivity contribution in [1.29, 1.82) is 0 Å². The molecule has 2 aromatic rings. The van der Waals surface area contributed by atoms with Crippen LogP contribution in [0.4, 0.5) is 11.4 Å². The van der Waals surface area contributed by atoms with Crippen molar-refractivity contribution in [3.05, 3.63) is 48.5 Å². The number of rotatable bonds is 4. The number of benzene rings is 2. The summed E-state index contributed by atoms with van der Waals surface area (Å²) in [7, 11) is -7.59. The van der Waals surface area contributed by atoms with Crippen LogP contribution >= 0.6 is 0 Å². The van der Waals surface area contributed by atoms with Crippen molar-refractivity contribution in [2.24, 2.45) is 31.7 Å². The van der Waals surface area contributed by atoms with Crippen LogP contribution < -0.4 is 34.4 Å². The van der Waals surface area contributed by atoms with Gasteiger partial charge in [-0.3, -0.25) is 0 Å². The molecule has 18 nitrogen and oxygen atoms in total. The van der Waals surface area contributed by atoms with Crippen LogP contribution in [0.2, 0.25) is 0 Å². The first-order valence-electron chi connectivity index (χ1n) is 17.8. The zero-order valence-corrected chi connectivity index (χ0v) is 32.1. The Morgan fingerprint density at radius 2 is 0.722 bits per heavy atom. The summed E-state index contributed by atoms with van der Waals surface area (Å²) in [6.07, 6.45) is 9.93. The number of nitrogen functional groups attached to an aromatic ring is 2. The molecule has 2 saturated carbocycles. The molecule has 2 aromatic carbocycles. The van der Waals surface area contributed by atoms with Gasteiger partial charge in [0.15, 0.2) is 0 Å². The fourth-order valence-corrected chi connectivity index (χ4v) is 7.51. The fourth-order valence-electron chi connectivity index (χ4n) is 5.79. The summed E-state index contributed by atoms with van der Waals surface area (Å²) in [6, 6.07) is 11.1. The van der Waals surface area contributed by atoms with E-state index in [1.54, 1.807) is 0 Å². The first-order valence-corrected chi connectivity index (χ1v) is 20.7. The van der Waals surface area contributed by atoms with E-state index in [2.05, 4.69) is 8.80 Å². The molecule has 5 rings (SSSR count). The highest BCUT2D eigenvalue weighted by Gasteiger charge is 2.28. The van der Waals surface area contributed by atoms with Gasteiger partial charge in [-0.05, 0) is 74.2 Å². The molecule has 54 heavy (non-hydrogen) atoms. The lowest BCUT2D eigenvalue weighted by Crippen LogP contribution is -2.37. The van der Waals surface area contributed by atoms with Crippen molar-refractivity contribution >= 4 is 43.3 Å². The molecule has 20 heteroatoms.